The lowest BCUT2D eigenvalue weighted by atomic mass is 10.1. The molecule has 0 fully saturated rings. The molecule has 0 amide bonds. The third-order valence-corrected chi connectivity index (χ3v) is 2.18. The van der Waals surface area contributed by atoms with Crippen molar-refractivity contribution < 1.29 is 9.26 Å². The van der Waals surface area contributed by atoms with Crippen LogP contribution in [-0.2, 0) is 17.8 Å². The van der Waals surface area contributed by atoms with Crippen molar-refractivity contribution in [3.63, 3.8) is 0 Å². The topological polar surface area (TPSA) is 35.3 Å². The summed E-state index contributed by atoms with van der Waals surface area (Å²) in [6.07, 6.45) is 6.08. The second kappa shape index (κ2) is 6.60. The molecule has 0 aliphatic carbocycles. The van der Waals surface area contributed by atoms with E-state index in [-0.39, 0.29) is 0 Å². The highest BCUT2D eigenvalue weighted by atomic mass is 16.5. The monoisotopic (exact) mass is 197 g/mol. The third-order valence-electron chi connectivity index (χ3n) is 2.18. The van der Waals surface area contributed by atoms with Crippen LogP contribution in [0.5, 0.6) is 0 Å². The molecule has 0 saturated heterocycles. The number of aryl methyl sites for hydroxylation is 1. The Hall–Kier alpha value is -0.830. The van der Waals surface area contributed by atoms with Crippen LogP contribution < -0.4 is 0 Å². The van der Waals surface area contributed by atoms with Gasteiger partial charge in [0, 0.05) is 13.2 Å². The number of hydrogen-bond acceptors (Lipinski definition) is 3. The van der Waals surface area contributed by atoms with E-state index in [0.717, 1.165) is 17.9 Å². The van der Waals surface area contributed by atoms with Crippen molar-refractivity contribution in [3.05, 3.63) is 17.5 Å². The van der Waals surface area contributed by atoms with Gasteiger partial charge in [-0.1, -0.05) is 31.3 Å². The van der Waals surface area contributed by atoms with E-state index in [4.69, 9.17) is 9.26 Å². The fraction of sp³-hybridized carbons (Fsp3) is 0.727. The van der Waals surface area contributed by atoms with Crippen molar-refractivity contribution >= 4 is 0 Å². The van der Waals surface area contributed by atoms with Crippen LogP contribution in [0.25, 0.3) is 0 Å². The second-order valence-electron chi connectivity index (χ2n) is 3.53. The molecule has 0 radical (unpaired) electrons. The molecule has 0 aromatic carbocycles. The van der Waals surface area contributed by atoms with Crippen molar-refractivity contribution in [1.29, 1.82) is 0 Å². The number of aromatic nitrogens is 1. The molecule has 3 heteroatoms. The van der Waals surface area contributed by atoms with E-state index in [2.05, 4.69) is 12.1 Å². The highest BCUT2D eigenvalue weighted by Gasteiger charge is 2.02. The highest BCUT2D eigenvalue weighted by molar-refractivity contribution is 5.04. The lowest BCUT2D eigenvalue weighted by molar-refractivity contribution is 0.155. The van der Waals surface area contributed by atoms with Crippen LogP contribution in [0.3, 0.4) is 0 Å². The van der Waals surface area contributed by atoms with Gasteiger partial charge in [-0.05, 0) is 12.8 Å². The quantitative estimate of drug-likeness (QED) is 0.630. The van der Waals surface area contributed by atoms with Crippen LogP contribution in [0.15, 0.2) is 10.6 Å². The minimum absolute atomic E-state index is 0.516. The normalized spacial score (nSPS) is 10.7. The number of nitrogens with zero attached hydrogens (tertiary/aromatic N) is 1. The molecule has 1 aromatic heterocycles. The smallest absolute Gasteiger partial charge is 0.162 e. The predicted octanol–water partition coefficient (Wildman–Crippen LogP) is 2.94. The summed E-state index contributed by atoms with van der Waals surface area (Å²) in [6.45, 7) is 2.73. The number of methoxy groups -OCH3 is 1. The standard InChI is InChI=1S/C11H19NO2/c1-3-4-5-6-7-10-8-11(9-13-2)14-12-10/h8H,3-7,9H2,1-2H3. The van der Waals surface area contributed by atoms with Crippen molar-refractivity contribution in [2.24, 2.45) is 0 Å². The summed E-state index contributed by atoms with van der Waals surface area (Å²) in [7, 11) is 1.66. The van der Waals surface area contributed by atoms with Gasteiger partial charge in [-0.3, -0.25) is 0 Å². The Morgan fingerprint density at radius 1 is 1.36 bits per heavy atom. The minimum Gasteiger partial charge on any atom is -0.377 e. The molecule has 0 unspecified atom stereocenters. The molecule has 1 rings (SSSR count). The Balaban J connectivity index is 2.22. The van der Waals surface area contributed by atoms with Gasteiger partial charge < -0.3 is 9.26 Å². The van der Waals surface area contributed by atoms with Crippen molar-refractivity contribution in [3.8, 4) is 0 Å². The molecule has 1 heterocycles. The molecular weight excluding hydrogens is 178 g/mol. The average Bonchev–Trinajstić information content (AvgIpc) is 2.61. The molecule has 1 aromatic rings. The molecule has 80 valence electrons. The van der Waals surface area contributed by atoms with Crippen molar-refractivity contribution in [2.45, 2.75) is 45.6 Å². The molecule has 0 aliphatic heterocycles. The van der Waals surface area contributed by atoms with Crippen LogP contribution in [-0.4, -0.2) is 12.3 Å². The van der Waals surface area contributed by atoms with Gasteiger partial charge >= 0.3 is 0 Å². The molecular formula is C11H19NO2. The molecule has 0 saturated carbocycles. The van der Waals surface area contributed by atoms with Crippen LogP contribution in [0, 0.1) is 0 Å². The van der Waals surface area contributed by atoms with Crippen LogP contribution in [0.4, 0.5) is 0 Å². The minimum atomic E-state index is 0.516. The van der Waals surface area contributed by atoms with Gasteiger partial charge in [0.1, 0.15) is 6.61 Å². The molecule has 14 heavy (non-hydrogen) atoms. The van der Waals surface area contributed by atoms with Gasteiger partial charge in [-0.25, -0.2) is 0 Å². The average molecular weight is 197 g/mol. The summed E-state index contributed by atoms with van der Waals surface area (Å²) in [5.74, 6) is 0.818. The second-order valence-corrected chi connectivity index (χ2v) is 3.53. The number of unbranched alkanes of at least 4 members (excludes halogenated alkanes) is 3. The Kier molecular flexibility index (Phi) is 5.30. The van der Waals surface area contributed by atoms with Crippen LogP contribution in [0.2, 0.25) is 0 Å². The first-order valence-corrected chi connectivity index (χ1v) is 5.30. The Labute approximate surface area is 85.4 Å². The zero-order valence-electron chi connectivity index (χ0n) is 9.08. The van der Waals surface area contributed by atoms with Gasteiger partial charge in [0.25, 0.3) is 0 Å². The molecule has 0 N–H and O–H groups in total. The molecule has 0 bridgehead atoms. The predicted molar refractivity (Wildman–Crippen MR) is 55.1 cm³/mol. The molecule has 0 atom stereocenters. The maximum atomic E-state index is 5.09. The first-order chi connectivity index (χ1) is 6.86. The Bertz CT molecular complexity index is 245. The van der Waals surface area contributed by atoms with E-state index >= 15 is 0 Å². The van der Waals surface area contributed by atoms with Gasteiger partial charge in [-0.2, -0.15) is 0 Å². The summed E-state index contributed by atoms with van der Waals surface area (Å²) in [5.41, 5.74) is 1.05. The summed E-state index contributed by atoms with van der Waals surface area (Å²) in [5, 5.41) is 3.98. The van der Waals surface area contributed by atoms with Gasteiger partial charge in [-0.15, -0.1) is 0 Å². The molecule has 0 aliphatic rings. The third kappa shape index (κ3) is 3.92. The van der Waals surface area contributed by atoms with Crippen LogP contribution >= 0.6 is 0 Å². The van der Waals surface area contributed by atoms with Crippen LogP contribution in [0.1, 0.15) is 44.1 Å². The van der Waals surface area contributed by atoms with E-state index < -0.39 is 0 Å². The number of hydrogen-bond donors (Lipinski definition) is 0. The van der Waals surface area contributed by atoms with Crippen molar-refractivity contribution in [1.82, 2.24) is 5.16 Å². The van der Waals surface area contributed by atoms with Gasteiger partial charge in [0.15, 0.2) is 5.76 Å². The van der Waals surface area contributed by atoms with E-state index in [1.165, 1.54) is 25.7 Å². The molecule has 3 nitrogen and oxygen atoms in total. The lowest BCUT2D eigenvalue weighted by Crippen LogP contribution is -1.85. The summed E-state index contributed by atoms with van der Waals surface area (Å²) >= 11 is 0. The lowest BCUT2D eigenvalue weighted by Gasteiger charge is -1.94. The Morgan fingerprint density at radius 3 is 2.93 bits per heavy atom. The van der Waals surface area contributed by atoms with E-state index in [0.29, 0.717) is 6.61 Å². The summed E-state index contributed by atoms with van der Waals surface area (Å²) < 4.78 is 10.0. The summed E-state index contributed by atoms with van der Waals surface area (Å²) in [6, 6.07) is 1.98. The zero-order valence-corrected chi connectivity index (χ0v) is 9.08. The van der Waals surface area contributed by atoms with E-state index in [1.807, 2.05) is 6.07 Å². The largest absolute Gasteiger partial charge is 0.377 e. The first kappa shape index (κ1) is 11.2. The molecule has 0 spiro atoms. The van der Waals surface area contributed by atoms with Gasteiger partial charge in [0.05, 0.1) is 5.69 Å². The highest BCUT2D eigenvalue weighted by Crippen LogP contribution is 2.09. The van der Waals surface area contributed by atoms with E-state index in [9.17, 15) is 0 Å². The maximum absolute atomic E-state index is 5.09. The van der Waals surface area contributed by atoms with Gasteiger partial charge in [0.2, 0.25) is 0 Å². The summed E-state index contributed by atoms with van der Waals surface area (Å²) in [4.78, 5) is 0. The van der Waals surface area contributed by atoms with E-state index in [1.54, 1.807) is 7.11 Å². The first-order valence-electron chi connectivity index (χ1n) is 5.30. The fourth-order valence-corrected chi connectivity index (χ4v) is 1.42. The maximum Gasteiger partial charge on any atom is 0.162 e. The zero-order chi connectivity index (χ0) is 10.2. The van der Waals surface area contributed by atoms with Crippen molar-refractivity contribution in [2.75, 3.05) is 7.11 Å². The fourth-order valence-electron chi connectivity index (χ4n) is 1.42. The Morgan fingerprint density at radius 2 is 2.21 bits per heavy atom. The number of rotatable bonds is 7. The number of ether oxygens (including phenoxy) is 1. The SMILES string of the molecule is CCCCCCc1cc(COC)on1.